The minimum absolute atomic E-state index is 0.674. The van der Waals surface area contributed by atoms with Gasteiger partial charge in [-0.2, -0.15) is 0 Å². The Morgan fingerprint density at radius 2 is 0.889 bits per heavy atom. The highest BCUT2D eigenvalue weighted by molar-refractivity contribution is 5.74. The molecule has 24 nitrogen and oxygen atoms in total. The van der Waals surface area contributed by atoms with E-state index in [0.29, 0.717) is 0 Å². The number of carbonyl (C=O) groups excluding carboxylic acids is 3. The second-order valence-corrected chi connectivity index (χ2v) is 13.4. The molecule has 312 valence electrons. The fourth-order valence-corrected chi connectivity index (χ4v) is 6.65. The van der Waals surface area contributed by atoms with Crippen LogP contribution in [0.5, 0.6) is 0 Å². The number of carbonyl (C=O) groups is 3. The Labute approximate surface area is 307 Å². The first kappa shape index (κ1) is 44.4. The maximum Gasteiger partial charge on any atom is 0.217 e. The standard InChI is InChI=1S/C30H51N3O21/c1-8(37)31-15-22(44)18(40)11(4-34)50-28(15)48-7-14-21(43)26(54-29-16(32-9(2)38)23(45)19(41)12(5-35)51-29)24(46)30(52-14)53-25-17(33-10(3)39)27(47)49-13(6-36)20(25)42/h11-30,34-36,40-47H,4-7H2,1-3H3,(H,31,37)(H,32,38)(H,33,39)/t11-,12-,13-,14-,15-,16-,17-,18-,19-,20+,21+,22-,23-,24-,25-,26+,27?,28-,29+,30+/m1/s1. The first-order valence-corrected chi connectivity index (χ1v) is 17.1. The van der Waals surface area contributed by atoms with Crippen molar-refractivity contribution in [2.45, 2.75) is 143 Å². The number of hydrogen-bond acceptors (Lipinski definition) is 21. The van der Waals surface area contributed by atoms with E-state index in [2.05, 4.69) is 16.0 Å². The van der Waals surface area contributed by atoms with Crippen LogP contribution in [0.3, 0.4) is 0 Å². The first-order valence-electron chi connectivity index (χ1n) is 17.1. The highest BCUT2D eigenvalue weighted by atomic mass is 16.8. The van der Waals surface area contributed by atoms with E-state index in [9.17, 15) is 70.6 Å². The third kappa shape index (κ3) is 9.97. The van der Waals surface area contributed by atoms with Gasteiger partial charge in [0.15, 0.2) is 25.2 Å². The van der Waals surface area contributed by atoms with E-state index < -0.39 is 167 Å². The molecule has 0 aliphatic carbocycles. The molecule has 4 aliphatic heterocycles. The summed E-state index contributed by atoms with van der Waals surface area (Å²) in [7, 11) is 0. The van der Waals surface area contributed by atoms with Crippen LogP contribution in [0.2, 0.25) is 0 Å². The van der Waals surface area contributed by atoms with Crippen molar-refractivity contribution >= 4 is 17.7 Å². The van der Waals surface area contributed by atoms with Gasteiger partial charge in [-0.15, -0.1) is 0 Å². The summed E-state index contributed by atoms with van der Waals surface area (Å²) in [5, 5.41) is 123. The lowest BCUT2D eigenvalue weighted by Crippen LogP contribution is -2.69. The molecule has 20 atom stereocenters. The zero-order valence-electron chi connectivity index (χ0n) is 29.4. The molecular weight excluding hydrogens is 738 g/mol. The molecule has 1 unspecified atom stereocenters. The molecule has 14 N–H and O–H groups in total. The van der Waals surface area contributed by atoms with Crippen LogP contribution in [0.1, 0.15) is 20.8 Å². The van der Waals surface area contributed by atoms with Crippen LogP contribution < -0.4 is 16.0 Å². The molecule has 4 saturated heterocycles. The minimum atomic E-state index is -2.10. The third-order valence-corrected chi connectivity index (χ3v) is 9.39. The number of ether oxygens (including phenoxy) is 7. The van der Waals surface area contributed by atoms with E-state index in [4.69, 9.17) is 33.2 Å². The Balaban J connectivity index is 1.68. The summed E-state index contributed by atoms with van der Waals surface area (Å²) in [5.74, 6) is -2.12. The number of amides is 3. The van der Waals surface area contributed by atoms with Crippen molar-refractivity contribution < 1.29 is 104 Å². The molecule has 4 aliphatic rings. The molecule has 0 spiro atoms. The predicted molar refractivity (Wildman–Crippen MR) is 169 cm³/mol. The predicted octanol–water partition coefficient (Wildman–Crippen LogP) is -9.32. The van der Waals surface area contributed by atoms with Gasteiger partial charge in [-0.1, -0.05) is 0 Å². The first-order chi connectivity index (χ1) is 25.4. The second-order valence-electron chi connectivity index (χ2n) is 13.4. The fraction of sp³-hybridized carbons (Fsp3) is 0.900. The molecule has 0 bridgehead atoms. The molecule has 4 heterocycles. The largest absolute Gasteiger partial charge is 0.394 e. The average Bonchev–Trinajstić information content (AvgIpc) is 3.11. The second kappa shape index (κ2) is 19.2. The van der Waals surface area contributed by atoms with Gasteiger partial charge in [0.05, 0.1) is 26.4 Å². The van der Waals surface area contributed by atoms with E-state index >= 15 is 0 Å². The molecule has 24 heteroatoms. The molecule has 54 heavy (non-hydrogen) atoms. The van der Waals surface area contributed by atoms with Gasteiger partial charge >= 0.3 is 0 Å². The summed E-state index contributed by atoms with van der Waals surface area (Å²) >= 11 is 0. The lowest BCUT2D eigenvalue weighted by Gasteiger charge is -2.49. The number of aliphatic hydroxyl groups is 11. The van der Waals surface area contributed by atoms with Gasteiger partial charge in [0.2, 0.25) is 17.7 Å². The summed E-state index contributed by atoms with van der Waals surface area (Å²) in [6.07, 6.45) is -29.7. The maximum absolute atomic E-state index is 12.0. The monoisotopic (exact) mass is 789 g/mol. The zero-order valence-corrected chi connectivity index (χ0v) is 29.4. The Bertz CT molecular complexity index is 1250. The van der Waals surface area contributed by atoms with E-state index in [-0.39, 0.29) is 0 Å². The quantitative estimate of drug-likeness (QED) is 0.0823. The van der Waals surface area contributed by atoms with Gasteiger partial charge in [-0.25, -0.2) is 0 Å². The normalized spacial score (nSPS) is 45.7. The Kier molecular flexibility index (Phi) is 15.8. The van der Waals surface area contributed by atoms with Crippen molar-refractivity contribution in [3.63, 3.8) is 0 Å². The van der Waals surface area contributed by atoms with Gasteiger partial charge in [0.25, 0.3) is 0 Å². The fourth-order valence-electron chi connectivity index (χ4n) is 6.65. The van der Waals surface area contributed by atoms with Gasteiger partial charge in [-0.05, 0) is 0 Å². The van der Waals surface area contributed by atoms with Crippen LogP contribution >= 0.6 is 0 Å². The topological polar surface area (TPSA) is 374 Å². The smallest absolute Gasteiger partial charge is 0.217 e. The lowest BCUT2D eigenvalue weighted by molar-refractivity contribution is -0.370. The molecular formula is C30H51N3O21. The van der Waals surface area contributed by atoms with Crippen LogP contribution in [0, 0.1) is 0 Å². The van der Waals surface area contributed by atoms with Crippen molar-refractivity contribution in [2.24, 2.45) is 0 Å². The molecule has 0 aromatic heterocycles. The van der Waals surface area contributed by atoms with Crippen LogP contribution in [0.15, 0.2) is 0 Å². The highest BCUT2D eigenvalue weighted by Crippen LogP contribution is 2.33. The number of rotatable bonds is 13. The molecule has 4 fully saturated rings. The van der Waals surface area contributed by atoms with Crippen LogP contribution in [-0.2, 0) is 47.5 Å². The van der Waals surface area contributed by atoms with Crippen LogP contribution in [0.4, 0.5) is 0 Å². The van der Waals surface area contributed by atoms with E-state index in [1.165, 1.54) is 0 Å². The van der Waals surface area contributed by atoms with Gasteiger partial charge in [-0.3, -0.25) is 14.4 Å². The number of aliphatic hydroxyl groups excluding tert-OH is 11. The van der Waals surface area contributed by atoms with Gasteiger partial charge < -0.3 is 105 Å². The molecule has 3 amide bonds. The molecule has 0 aromatic carbocycles. The van der Waals surface area contributed by atoms with Crippen molar-refractivity contribution in [1.29, 1.82) is 0 Å². The summed E-state index contributed by atoms with van der Waals surface area (Å²) in [6, 6.07) is -4.53. The molecule has 0 aromatic rings. The average molecular weight is 790 g/mol. The van der Waals surface area contributed by atoms with Crippen molar-refractivity contribution in [3.05, 3.63) is 0 Å². The third-order valence-electron chi connectivity index (χ3n) is 9.39. The SMILES string of the molecule is CC(=O)N[C@H]1[C@H](OC[C@H]2O[C@@H](O[C@H]3[C@@H](O)[C@@H](CO)OC(O)[C@@H]3NC(C)=O)[C@H](O)[C@@H](O[C@@H]3O[C@H](CO)[C@@H](O)[C@H](O)[C@H]3NC(C)=O)[C@H]2O)O[C@H](CO)[C@@H](O)[C@@H]1O. The summed E-state index contributed by atoms with van der Waals surface area (Å²) < 4.78 is 39.7. The van der Waals surface area contributed by atoms with E-state index in [0.717, 1.165) is 20.8 Å². The Hall–Kier alpha value is -2.31. The summed E-state index contributed by atoms with van der Waals surface area (Å²) in [6.45, 7) is 0.0120. The van der Waals surface area contributed by atoms with Crippen molar-refractivity contribution in [3.8, 4) is 0 Å². The number of hydrogen-bond donors (Lipinski definition) is 14. The molecule has 0 saturated carbocycles. The van der Waals surface area contributed by atoms with Gasteiger partial charge in [0.1, 0.15) is 97.5 Å². The molecule has 0 radical (unpaired) electrons. The number of nitrogens with one attached hydrogen (secondary N) is 3. The molecule has 4 rings (SSSR count). The van der Waals surface area contributed by atoms with E-state index in [1.807, 2.05) is 0 Å². The van der Waals surface area contributed by atoms with Crippen LogP contribution in [0.25, 0.3) is 0 Å². The summed E-state index contributed by atoms with van der Waals surface area (Å²) in [4.78, 5) is 36.0. The van der Waals surface area contributed by atoms with Gasteiger partial charge in [0, 0.05) is 20.8 Å². The summed E-state index contributed by atoms with van der Waals surface area (Å²) in [5.41, 5.74) is 0. The Morgan fingerprint density at radius 3 is 1.39 bits per heavy atom. The highest BCUT2D eigenvalue weighted by Gasteiger charge is 2.55. The van der Waals surface area contributed by atoms with Crippen molar-refractivity contribution in [1.82, 2.24) is 16.0 Å². The minimum Gasteiger partial charge on any atom is -0.394 e. The maximum atomic E-state index is 12.0. The lowest BCUT2D eigenvalue weighted by atomic mass is 9.94. The van der Waals surface area contributed by atoms with E-state index in [1.54, 1.807) is 0 Å². The van der Waals surface area contributed by atoms with Crippen LogP contribution in [-0.4, -0.2) is 223 Å². The zero-order chi connectivity index (χ0) is 40.2. The Morgan fingerprint density at radius 1 is 0.481 bits per heavy atom. The van der Waals surface area contributed by atoms with Crippen molar-refractivity contribution in [2.75, 3.05) is 26.4 Å².